The van der Waals surface area contributed by atoms with Gasteiger partial charge in [-0.05, 0) is 35.8 Å². The quantitative estimate of drug-likeness (QED) is 0.846. The minimum atomic E-state index is 0.249. The number of nitrogens with zero attached hydrogens (tertiary/aromatic N) is 1. The molecule has 1 atom stereocenters. The highest BCUT2D eigenvalue weighted by molar-refractivity contribution is 7.11. The van der Waals surface area contributed by atoms with Crippen LogP contribution in [0.3, 0.4) is 0 Å². The zero-order chi connectivity index (χ0) is 13.8. The molecular formula is C13H19N3OS2. The first-order chi connectivity index (χ1) is 9.13. The largest absolute Gasteiger partial charge is 0.487 e. The normalized spacial score (nSPS) is 12.6. The molecule has 0 aliphatic carbocycles. The summed E-state index contributed by atoms with van der Waals surface area (Å²) in [5, 5.41) is 6.52. The van der Waals surface area contributed by atoms with Crippen LogP contribution in [0.4, 0.5) is 10.8 Å². The van der Waals surface area contributed by atoms with E-state index >= 15 is 0 Å². The Kier molecular flexibility index (Phi) is 4.66. The fraction of sp³-hybridized carbons (Fsp3) is 0.462. The van der Waals surface area contributed by atoms with E-state index in [2.05, 4.69) is 41.1 Å². The summed E-state index contributed by atoms with van der Waals surface area (Å²) in [6.07, 6.45) is 0. The molecule has 2 rings (SSSR count). The first-order valence-electron chi connectivity index (χ1n) is 6.31. The van der Waals surface area contributed by atoms with Crippen molar-refractivity contribution in [2.24, 2.45) is 5.92 Å². The van der Waals surface area contributed by atoms with Gasteiger partial charge in [-0.1, -0.05) is 19.9 Å². The van der Waals surface area contributed by atoms with Crippen molar-refractivity contribution in [2.75, 3.05) is 17.7 Å². The smallest absolute Gasteiger partial charge is 0.197 e. The first-order valence-corrected chi connectivity index (χ1v) is 7.96. The molecule has 0 aliphatic heterocycles. The molecule has 0 aromatic carbocycles. The second kappa shape index (κ2) is 6.25. The zero-order valence-electron chi connectivity index (χ0n) is 11.3. The van der Waals surface area contributed by atoms with Gasteiger partial charge in [-0.3, -0.25) is 0 Å². The molecule has 2 heterocycles. The number of rotatable bonds is 6. The van der Waals surface area contributed by atoms with E-state index < -0.39 is 0 Å². The molecule has 0 amide bonds. The van der Waals surface area contributed by atoms with Crippen LogP contribution in [-0.2, 0) is 0 Å². The Morgan fingerprint density at radius 3 is 2.84 bits per heavy atom. The second-order valence-corrected chi connectivity index (χ2v) is 6.29. The fourth-order valence-corrected chi connectivity index (χ4v) is 3.49. The molecule has 19 heavy (non-hydrogen) atoms. The summed E-state index contributed by atoms with van der Waals surface area (Å²) in [5.41, 5.74) is 5.83. The molecule has 0 spiro atoms. The second-order valence-electron chi connectivity index (χ2n) is 4.54. The number of hydrogen-bond acceptors (Lipinski definition) is 6. The molecule has 0 radical (unpaired) electrons. The molecule has 2 aromatic rings. The van der Waals surface area contributed by atoms with E-state index in [-0.39, 0.29) is 6.04 Å². The van der Waals surface area contributed by atoms with Crippen molar-refractivity contribution >= 4 is 33.7 Å². The Hall–Kier alpha value is -1.27. The minimum Gasteiger partial charge on any atom is -0.487 e. The number of thiophene rings is 1. The van der Waals surface area contributed by atoms with E-state index in [1.807, 2.05) is 6.92 Å². The van der Waals surface area contributed by atoms with Gasteiger partial charge in [-0.15, -0.1) is 11.3 Å². The third-order valence-corrected chi connectivity index (χ3v) is 4.49. The number of ether oxygens (including phenoxy) is 1. The van der Waals surface area contributed by atoms with Gasteiger partial charge >= 0.3 is 0 Å². The van der Waals surface area contributed by atoms with Crippen LogP contribution in [0.25, 0.3) is 0 Å². The van der Waals surface area contributed by atoms with Gasteiger partial charge in [0.05, 0.1) is 12.6 Å². The molecule has 0 aliphatic rings. The number of nitrogen functional groups attached to an aromatic ring is 1. The van der Waals surface area contributed by atoms with Gasteiger partial charge in [-0.2, -0.15) is 4.37 Å². The maximum atomic E-state index is 5.83. The summed E-state index contributed by atoms with van der Waals surface area (Å²) in [6.45, 7) is 6.92. The predicted octanol–water partition coefficient (Wildman–Crippen LogP) is 3.99. The summed E-state index contributed by atoms with van der Waals surface area (Å²) in [7, 11) is 0. The maximum absolute atomic E-state index is 5.83. The van der Waals surface area contributed by atoms with Crippen molar-refractivity contribution in [3.05, 3.63) is 22.4 Å². The standard InChI is InChI=1S/C13H19N3OS2/c1-4-17-11-12(14)16-19-13(11)15-10(8(2)3)9-6-5-7-18-9/h5-8,10,15H,4H2,1-3H3,(H2,14,16). The number of anilines is 2. The number of aromatic nitrogens is 1. The monoisotopic (exact) mass is 297 g/mol. The van der Waals surface area contributed by atoms with Gasteiger partial charge in [0, 0.05) is 4.88 Å². The van der Waals surface area contributed by atoms with Crippen LogP contribution in [0.1, 0.15) is 31.7 Å². The third-order valence-electron chi connectivity index (χ3n) is 2.77. The summed E-state index contributed by atoms with van der Waals surface area (Å²) in [5.74, 6) is 1.61. The average Bonchev–Trinajstić information content (AvgIpc) is 2.99. The van der Waals surface area contributed by atoms with Crippen molar-refractivity contribution in [2.45, 2.75) is 26.8 Å². The van der Waals surface area contributed by atoms with Crippen molar-refractivity contribution in [1.29, 1.82) is 0 Å². The van der Waals surface area contributed by atoms with Gasteiger partial charge in [0.1, 0.15) is 0 Å². The highest BCUT2D eigenvalue weighted by atomic mass is 32.1. The van der Waals surface area contributed by atoms with E-state index in [0.717, 1.165) is 5.00 Å². The summed E-state index contributed by atoms with van der Waals surface area (Å²) in [4.78, 5) is 1.31. The first kappa shape index (κ1) is 14.1. The van der Waals surface area contributed by atoms with Crippen LogP contribution < -0.4 is 15.8 Å². The fourth-order valence-electron chi connectivity index (χ4n) is 1.85. The van der Waals surface area contributed by atoms with E-state index in [0.29, 0.717) is 24.1 Å². The topological polar surface area (TPSA) is 60.2 Å². The third kappa shape index (κ3) is 3.19. The Balaban J connectivity index is 2.23. The van der Waals surface area contributed by atoms with Gasteiger partial charge in [0.25, 0.3) is 0 Å². The SMILES string of the molecule is CCOc1c(N)nsc1NC(c1cccs1)C(C)C. The molecule has 6 heteroatoms. The maximum Gasteiger partial charge on any atom is 0.197 e. The van der Waals surface area contributed by atoms with Crippen LogP contribution in [0.5, 0.6) is 5.75 Å². The average molecular weight is 297 g/mol. The summed E-state index contributed by atoms with van der Waals surface area (Å²) in [6, 6.07) is 4.47. The highest BCUT2D eigenvalue weighted by Gasteiger charge is 2.21. The van der Waals surface area contributed by atoms with E-state index in [4.69, 9.17) is 10.5 Å². The lowest BCUT2D eigenvalue weighted by molar-refractivity contribution is 0.343. The molecule has 0 saturated heterocycles. The molecule has 0 bridgehead atoms. The van der Waals surface area contributed by atoms with Gasteiger partial charge in [-0.25, -0.2) is 0 Å². The molecular weight excluding hydrogens is 278 g/mol. The lowest BCUT2D eigenvalue weighted by Crippen LogP contribution is -2.15. The van der Waals surface area contributed by atoms with Crippen LogP contribution in [-0.4, -0.2) is 11.0 Å². The number of nitrogens with one attached hydrogen (secondary N) is 1. The van der Waals surface area contributed by atoms with Gasteiger partial charge < -0.3 is 15.8 Å². The van der Waals surface area contributed by atoms with Crippen molar-refractivity contribution in [1.82, 2.24) is 4.37 Å². The van der Waals surface area contributed by atoms with E-state index in [1.165, 1.54) is 16.4 Å². The Morgan fingerprint density at radius 2 is 2.26 bits per heavy atom. The zero-order valence-corrected chi connectivity index (χ0v) is 13.0. The molecule has 0 fully saturated rings. The van der Waals surface area contributed by atoms with Gasteiger partial charge in [0.2, 0.25) is 0 Å². The molecule has 0 saturated carbocycles. The lowest BCUT2D eigenvalue weighted by atomic mass is 10.0. The predicted molar refractivity (Wildman–Crippen MR) is 83.2 cm³/mol. The van der Waals surface area contributed by atoms with Crippen molar-refractivity contribution in [3.63, 3.8) is 0 Å². The Labute approximate surface area is 121 Å². The minimum absolute atomic E-state index is 0.249. The van der Waals surface area contributed by atoms with E-state index in [9.17, 15) is 0 Å². The van der Waals surface area contributed by atoms with Crippen molar-refractivity contribution < 1.29 is 4.74 Å². The lowest BCUT2D eigenvalue weighted by Gasteiger charge is -2.21. The Bertz CT molecular complexity index is 508. The van der Waals surface area contributed by atoms with Crippen molar-refractivity contribution in [3.8, 4) is 5.75 Å². The van der Waals surface area contributed by atoms with Crippen LogP contribution >= 0.6 is 22.9 Å². The molecule has 3 N–H and O–H groups in total. The summed E-state index contributed by atoms with van der Waals surface area (Å²) >= 11 is 3.11. The van der Waals surface area contributed by atoms with Crippen LogP contribution in [0.2, 0.25) is 0 Å². The molecule has 1 unspecified atom stereocenters. The number of nitrogens with two attached hydrogens (primary N) is 1. The highest BCUT2D eigenvalue weighted by Crippen LogP contribution is 2.39. The Morgan fingerprint density at radius 1 is 1.47 bits per heavy atom. The van der Waals surface area contributed by atoms with Crippen LogP contribution in [0.15, 0.2) is 17.5 Å². The van der Waals surface area contributed by atoms with Gasteiger partial charge in [0.15, 0.2) is 16.6 Å². The number of hydrogen-bond donors (Lipinski definition) is 2. The molecule has 4 nitrogen and oxygen atoms in total. The van der Waals surface area contributed by atoms with Crippen LogP contribution in [0, 0.1) is 5.92 Å². The molecule has 2 aromatic heterocycles. The van der Waals surface area contributed by atoms with E-state index in [1.54, 1.807) is 11.3 Å². The summed E-state index contributed by atoms with van der Waals surface area (Å²) < 4.78 is 9.73. The molecule has 104 valence electrons.